The third kappa shape index (κ3) is 2.36. The van der Waals surface area contributed by atoms with Crippen LogP contribution in [0.25, 0.3) is 10.8 Å². The van der Waals surface area contributed by atoms with Gasteiger partial charge in [-0.2, -0.15) is 5.10 Å². The number of rotatable bonds is 2. The van der Waals surface area contributed by atoms with Gasteiger partial charge in [0.2, 0.25) is 5.88 Å². The minimum Gasteiger partial charge on any atom is -0.436 e. The zero-order valence-electron chi connectivity index (χ0n) is 10.6. The SMILES string of the molecule is Cc1nnc(Oc2ccc(F)cc2Br)c2ccccc12. The van der Waals surface area contributed by atoms with Crippen molar-refractivity contribution in [2.45, 2.75) is 6.92 Å². The van der Waals surface area contributed by atoms with Crippen LogP contribution in [0.1, 0.15) is 5.69 Å². The van der Waals surface area contributed by atoms with Gasteiger partial charge >= 0.3 is 0 Å². The summed E-state index contributed by atoms with van der Waals surface area (Å²) >= 11 is 3.27. The number of nitrogens with zero attached hydrogens (tertiary/aromatic N) is 2. The van der Waals surface area contributed by atoms with Crippen LogP contribution in [0, 0.1) is 12.7 Å². The molecule has 0 radical (unpaired) electrons. The van der Waals surface area contributed by atoms with Gasteiger partial charge in [-0.3, -0.25) is 0 Å². The lowest BCUT2D eigenvalue weighted by Crippen LogP contribution is -1.95. The third-order valence-corrected chi connectivity index (χ3v) is 3.56. The standard InChI is InChI=1S/C15H10BrFN2O/c1-9-11-4-2-3-5-12(11)15(19-18-9)20-14-7-6-10(17)8-13(14)16/h2-8H,1H3. The molecule has 0 amide bonds. The Kier molecular flexibility index (Phi) is 3.36. The summed E-state index contributed by atoms with van der Waals surface area (Å²) in [5.41, 5.74) is 0.839. The normalized spacial score (nSPS) is 10.8. The smallest absolute Gasteiger partial charge is 0.246 e. The fourth-order valence-electron chi connectivity index (χ4n) is 1.95. The van der Waals surface area contributed by atoms with Crippen LogP contribution >= 0.6 is 15.9 Å². The van der Waals surface area contributed by atoms with Crippen LogP contribution in [0.2, 0.25) is 0 Å². The Morgan fingerprint density at radius 1 is 1.05 bits per heavy atom. The summed E-state index contributed by atoms with van der Waals surface area (Å²) in [5, 5.41) is 10.0. The van der Waals surface area contributed by atoms with Crippen LogP contribution in [0.4, 0.5) is 4.39 Å². The van der Waals surface area contributed by atoms with Crippen LogP contribution in [0.3, 0.4) is 0 Å². The molecule has 0 N–H and O–H groups in total. The molecule has 5 heteroatoms. The molecule has 3 rings (SSSR count). The van der Waals surface area contributed by atoms with Crippen molar-refractivity contribution in [3.05, 3.63) is 58.4 Å². The highest BCUT2D eigenvalue weighted by molar-refractivity contribution is 9.10. The van der Waals surface area contributed by atoms with Gasteiger partial charge in [0.1, 0.15) is 11.6 Å². The highest BCUT2D eigenvalue weighted by atomic mass is 79.9. The zero-order chi connectivity index (χ0) is 14.1. The molecule has 0 fully saturated rings. The second-order valence-electron chi connectivity index (χ2n) is 4.31. The predicted molar refractivity (Wildman–Crippen MR) is 78.4 cm³/mol. The monoisotopic (exact) mass is 332 g/mol. The molecule has 1 heterocycles. The minimum absolute atomic E-state index is 0.330. The Bertz CT molecular complexity index is 792. The van der Waals surface area contributed by atoms with Crippen molar-refractivity contribution < 1.29 is 9.13 Å². The molecule has 0 bridgehead atoms. The molecular formula is C15H10BrFN2O. The third-order valence-electron chi connectivity index (χ3n) is 2.94. The number of benzene rings is 2. The van der Waals surface area contributed by atoms with E-state index >= 15 is 0 Å². The van der Waals surface area contributed by atoms with E-state index in [4.69, 9.17) is 4.74 Å². The Morgan fingerprint density at radius 2 is 1.80 bits per heavy atom. The van der Waals surface area contributed by atoms with Crippen LogP contribution < -0.4 is 4.74 Å². The number of hydrogen-bond acceptors (Lipinski definition) is 3. The molecule has 100 valence electrons. The highest BCUT2D eigenvalue weighted by Crippen LogP contribution is 2.32. The molecule has 3 nitrogen and oxygen atoms in total. The summed E-state index contributed by atoms with van der Waals surface area (Å²) in [6, 6.07) is 12.0. The van der Waals surface area contributed by atoms with E-state index in [2.05, 4.69) is 26.1 Å². The number of hydrogen-bond donors (Lipinski definition) is 0. The van der Waals surface area contributed by atoms with E-state index in [1.165, 1.54) is 12.1 Å². The van der Waals surface area contributed by atoms with Crippen molar-refractivity contribution in [1.82, 2.24) is 10.2 Å². The second kappa shape index (κ2) is 5.17. The van der Waals surface area contributed by atoms with Gasteiger partial charge in [-0.15, -0.1) is 5.10 Å². The van der Waals surface area contributed by atoms with Gasteiger partial charge in [-0.25, -0.2) is 4.39 Å². The number of aromatic nitrogens is 2. The van der Waals surface area contributed by atoms with Crippen molar-refractivity contribution in [3.8, 4) is 11.6 Å². The summed E-state index contributed by atoms with van der Waals surface area (Å²) in [6.07, 6.45) is 0. The van der Waals surface area contributed by atoms with E-state index < -0.39 is 0 Å². The topological polar surface area (TPSA) is 35.0 Å². The lowest BCUT2D eigenvalue weighted by Gasteiger charge is -2.09. The fourth-order valence-corrected chi connectivity index (χ4v) is 2.38. The summed E-state index contributed by atoms with van der Waals surface area (Å²) in [5.74, 6) is 0.567. The maximum Gasteiger partial charge on any atom is 0.246 e. The molecule has 0 saturated carbocycles. The highest BCUT2D eigenvalue weighted by Gasteiger charge is 2.10. The van der Waals surface area contributed by atoms with E-state index in [-0.39, 0.29) is 5.82 Å². The molecule has 0 aliphatic rings. The minimum atomic E-state index is -0.330. The quantitative estimate of drug-likeness (QED) is 0.686. The number of halogens is 2. The van der Waals surface area contributed by atoms with Gasteiger partial charge in [-0.1, -0.05) is 18.2 Å². The first-order valence-electron chi connectivity index (χ1n) is 6.00. The average Bonchev–Trinajstić information content (AvgIpc) is 2.45. The first kappa shape index (κ1) is 13.0. The molecule has 0 aliphatic heterocycles. The summed E-state index contributed by atoms with van der Waals surface area (Å²) in [4.78, 5) is 0. The van der Waals surface area contributed by atoms with Gasteiger partial charge < -0.3 is 4.74 Å². The Labute approximate surface area is 123 Å². The van der Waals surface area contributed by atoms with E-state index in [1.807, 2.05) is 31.2 Å². The van der Waals surface area contributed by atoms with Gasteiger partial charge in [0.25, 0.3) is 0 Å². The van der Waals surface area contributed by atoms with Crippen molar-refractivity contribution in [3.63, 3.8) is 0 Å². The Balaban J connectivity index is 2.09. The van der Waals surface area contributed by atoms with Crippen molar-refractivity contribution in [2.75, 3.05) is 0 Å². The van der Waals surface area contributed by atoms with Gasteiger partial charge in [0, 0.05) is 10.8 Å². The van der Waals surface area contributed by atoms with Gasteiger partial charge in [-0.05, 0) is 47.1 Å². The number of ether oxygens (including phenoxy) is 1. The Hall–Kier alpha value is -2.01. The first-order chi connectivity index (χ1) is 9.65. The molecule has 2 aromatic carbocycles. The second-order valence-corrected chi connectivity index (χ2v) is 5.17. The molecule has 0 saturated heterocycles. The molecule has 1 aromatic heterocycles. The number of fused-ring (bicyclic) bond motifs is 1. The van der Waals surface area contributed by atoms with Crippen LogP contribution in [0.15, 0.2) is 46.9 Å². The van der Waals surface area contributed by atoms with E-state index in [0.29, 0.717) is 16.1 Å². The summed E-state index contributed by atoms with van der Waals surface area (Å²) in [7, 11) is 0. The largest absolute Gasteiger partial charge is 0.436 e. The van der Waals surface area contributed by atoms with Crippen molar-refractivity contribution in [1.29, 1.82) is 0 Å². The van der Waals surface area contributed by atoms with Crippen molar-refractivity contribution >= 4 is 26.7 Å². The van der Waals surface area contributed by atoms with E-state index in [0.717, 1.165) is 16.5 Å². The molecule has 0 spiro atoms. The molecule has 0 atom stereocenters. The Morgan fingerprint density at radius 3 is 2.55 bits per heavy atom. The van der Waals surface area contributed by atoms with Gasteiger partial charge in [0.15, 0.2) is 0 Å². The molecular weight excluding hydrogens is 323 g/mol. The lowest BCUT2D eigenvalue weighted by molar-refractivity contribution is 0.456. The van der Waals surface area contributed by atoms with Crippen LogP contribution in [-0.4, -0.2) is 10.2 Å². The zero-order valence-corrected chi connectivity index (χ0v) is 12.2. The van der Waals surface area contributed by atoms with Gasteiger partial charge in [0.05, 0.1) is 10.2 Å². The summed E-state index contributed by atoms with van der Waals surface area (Å²) in [6.45, 7) is 1.90. The fraction of sp³-hybridized carbons (Fsp3) is 0.0667. The van der Waals surface area contributed by atoms with Crippen LogP contribution in [0.5, 0.6) is 11.6 Å². The molecule has 3 aromatic rings. The molecule has 0 unspecified atom stereocenters. The average molecular weight is 333 g/mol. The van der Waals surface area contributed by atoms with Crippen molar-refractivity contribution in [2.24, 2.45) is 0 Å². The van der Waals surface area contributed by atoms with Crippen LogP contribution in [-0.2, 0) is 0 Å². The maximum atomic E-state index is 13.1. The maximum absolute atomic E-state index is 13.1. The lowest BCUT2D eigenvalue weighted by atomic mass is 10.1. The van der Waals surface area contributed by atoms with E-state index in [1.54, 1.807) is 6.07 Å². The predicted octanol–water partition coefficient (Wildman–Crippen LogP) is 4.63. The number of aryl methyl sites for hydroxylation is 1. The first-order valence-corrected chi connectivity index (χ1v) is 6.79. The molecule has 20 heavy (non-hydrogen) atoms. The van der Waals surface area contributed by atoms with E-state index in [9.17, 15) is 4.39 Å². The molecule has 0 aliphatic carbocycles. The summed E-state index contributed by atoms with van der Waals surface area (Å²) < 4.78 is 19.4.